The third kappa shape index (κ3) is 4.21. The van der Waals surface area contributed by atoms with E-state index >= 15 is 0 Å². The molecule has 1 aliphatic rings. The summed E-state index contributed by atoms with van der Waals surface area (Å²) >= 11 is 0. The van der Waals surface area contributed by atoms with Crippen molar-refractivity contribution in [3.63, 3.8) is 0 Å². The second-order valence-corrected chi connectivity index (χ2v) is 4.88. The van der Waals surface area contributed by atoms with E-state index in [0.29, 0.717) is 18.5 Å². The molecule has 5 nitrogen and oxygen atoms in total. The maximum Gasteiger partial charge on any atom is 0.335 e. The summed E-state index contributed by atoms with van der Waals surface area (Å²) in [5, 5.41) is 8.81. The maximum atomic E-state index is 10.7. The van der Waals surface area contributed by atoms with Crippen LogP contribution >= 0.6 is 0 Å². The van der Waals surface area contributed by atoms with Gasteiger partial charge < -0.3 is 14.6 Å². The molecule has 1 saturated heterocycles. The van der Waals surface area contributed by atoms with Crippen molar-refractivity contribution >= 4 is 5.97 Å². The van der Waals surface area contributed by atoms with Crippen molar-refractivity contribution in [1.82, 2.24) is 4.90 Å². The van der Waals surface area contributed by atoms with Gasteiger partial charge in [0.05, 0.1) is 18.3 Å². The first-order valence-electron chi connectivity index (χ1n) is 6.99. The lowest BCUT2D eigenvalue weighted by atomic mass is 10.2. The second-order valence-electron chi connectivity index (χ2n) is 4.88. The van der Waals surface area contributed by atoms with Crippen LogP contribution in [0.2, 0.25) is 0 Å². The Morgan fingerprint density at radius 3 is 2.85 bits per heavy atom. The fourth-order valence-electron chi connectivity index (χ4n) is 2.22. The molecule has 1 aliphatic heterocycles. The van der Waals surface area contributed by atoms with E-state index in [4.69, 9.17) is 14.6 Å². The zero-order chi connectivity index (χ0) is 14.4. The molecule has 0 aromatic heterocycles. The minimum absolute atomic E-state index is 0.274. The first-order chi connectivity index (χ1) is 9.69. The Hall–Kier alpha value is -1.59. The number of nitrogens with zero attached hydrogens (tertiary/aromatic N) is 1. The number of carboxylic acid groups (broad SMARTS) is 1. The van der Waals surface area contributed by atoms with Crippen molar-refractivity contribution in [3.05, 3.63) is 29.8 Å². The zero-order valence-electron chi connectivity index (χ0n) is 11.7. The number of carboxylic acids is 1. The van der Waals surface area contributed by atoms with Crippen LogP contribution in [0.5, 0.6) is 5.75 Å². The van der Waals surface area contributed by atoms with Gasteiger partial charge >= 0.3 is 5.97 Å². The Labute approximate surface area is 119 Å². The van der Waals surface area contributed by atoms with Gasteiger partial charge in [-0.2, -0.15) is 0 Å². The van der Waals surface area contributed by atoms with Gasteiger partial charge in [-0.25, -0.2) is 4.79 Å². The molecule has 110 valence electrons. The lowest BCUT2D eigenvalue weighted by Crippen LogP contribution is -2.43. The summed E-state index contributed by atoms with van der Waals surface area (Å²) < 4.78 is 11.3. The van der Waals surface area contributed by atoms with E-state index in [2.05, 4.69) is 11.8 Å². The molecule has 1 N–H and O–H groups in total. The number of hydrogen-bond acceptors (Lipinski definition) is 4. The molecule has 0 radical (unpaired) electrons. The summed E-state index contributed by atoms with van der Waals surface area (Å²) in [7, 11) is 0. The lowest BCUT2D eigenvalue weighted by molar-refractivity contribution is -0.0324. The molecule has 1 unspecified atom stereocenters. The van der Waals surface area contributed by atoms with Gasteiger partial charge in [0.25, 0.3) is 0 Å². The average Bonchev–Trinajstić information content (AvgIpc) is 2.48. The number of benzene rings is 1. The smallest absolute Gasteiger partial charge is 0.335 e. The van der Waals surface area contributed by atoms with Crippen molar-refractivity contribution in [1.29, 1.82) is 0 Å². The van der Waals surface area contributed by atoms with Gasteiger partial charge in [0.2, 0.25) is 0 Å². The van der Waals surface area contributed by atoms with Crippen molar-refractivity contribution in [3.8, 4) is 5.75 Å². The second kappa shape index (κ2) is 7.26. The van der Waals surface area contributed by atoms with E-state index in [1.807, 2.05) is 0 Å². The Balaban J connectivity index is 1.74. The van der Waals surface area contributed by atoms with Gasteiger partial charge in [-0.1, -0.05) is 6.92 Å². The molecule has 1 heterocycles. The Morgan fingerprint density at radius 1 is 1.45 bits per heavy atom. The SMILES string of the molecule is CCC1CN(CCOc2ccc(C(=O)O)cc2)CCO1. The third-order valence-corrected chi connectivity index (χ3v) is 3.46. The molecule has 0 bridgehead atoms. The summed E-state index contributed by atoms with van der Waals surface area (Å²) in [6.07, 6.45) is 1.37. The first-order valence-corrected chi connectivity index (χ1v) is 6.99. The molecule has 1 aromatic rings. The number of hydrogen-bond donors (Lipinski definition) is 1. The minimum Gasteiger partial charge on any atom is -0.492 e. The standard InChI is InChI=1S/C15H21NO4/c1-2-13-11-16(7-9-19-13)8-10-20-14-5-3-12(4-6-14)15(17)18/h3-6,13H,2,7-11H2,1H3,(H,17,18). The number of ether oxygens (including phenoxy) is 2. The molecule has 5 heteroatoms. The van der Waals surface area contributed by atoms with Gasteiger partial charge in [0, 0.05) is 19.6 Å². The molecular weight excluding hydrogens is 258 g/mol. The zero-order valence-corrected chi connectivity index (χ0v) is 11.7. The van der Waals surface area contributed by atoms with Gasteiger partial charge in [0.15, 0.2) is 0 Å². The molecule has 20 heavy (non-hydrogen) atoms. The van der Waals surface area contributed by atoms with E-state index in [1.54, 1.807) is 24.3 Å². The summed E-state index contributed by atoms with van der Waals surface area (Å²) in [5.41, 5.74) is 0.274. The van der Waals surface area contributed by atoms with Crippen LogP contribution in [0, 0.1) is 0 Å². The van der Waals surface area contributed by atoms with Crippen LogP contribution < -0.4 is 4.74 Å². The van der Waals surface area contributed by atoms with Gasteiger partial charge in [-0.15, -0.1) is 0 Å². The molecular formula is C15H21NO4. The molecule has 1 fully saturated rings. The predicted molar refractivity (Wildman–Crippen MR) is 75.4 cm³/mol. The normalized spacial score (nSPS) is 19.8. The molecule has 0 spiro atoms. The largest absolute Gasteiger partial charge is 0.492 e. The van der Waals surface area contributed by atoms with Crippen LogP contribution in [0.1, 0.15) is 23.7 Å². The summed E-state index contributed by atoms with van der Waals surface area (Å²) in [4.78, 5) is 13.1. The molecule has 0 saturated carbocycles. The first kappa shape index (κ1) is 14.8. The molecule has 2 rings (SSSR count). The van der Waals surface area contributed by atoms with E-state index in [9.17, 15) is 4.79 Å². The highest BCUT2D eigenvalue weighted by Gasteiger charge is 2.18. The maximum absolute atomic E-state index is 10.7. The Morgan fingerprint density at radius 2 is 2.20 bits per heavy atom. The monoisotopic (exact) mass is 279 g/mol. The quantitative estimate of drug-likeness (QED) is 0.861. The van der Waals surface area contributed by atoms with E-state index in [0.717, 1.165) is 32.7 Å². The predicted octanol–water partition coefficient (Wildman–Crippen LogP) is 1.87. The molecule has 0 amide bonds. The van der Waals surface area contributed by atoms with Crippen LogP contribution in [0.15, 0.2) is 24.3 Å². The van der Waals surface area contributed by atoms with Crippen LogP contribution in [0.4, 0.5) is 0 Å². The lowest BCUT2D eigenvalue weighted by Gasteiger charge is -2.32. The number of morpholine rings is 1. The summed E-state index contributed by atoms with van der Waals surface area (Å²) in [6.45, 7) is 6.28. The van der Waals surface area contributed by atoms with Crippen LogP contribution in [-0.4, -0.2) is 54.9 Å². The molecule has 1 atom stereocenters. The van der Waals surface area contributed by atoms with Crippen molar-refractivity contribution in [2.24, 2.45) is 0 Å². The fourth-order valence-corrected chi connectivity index (χ4v) is 2.22. The van der Waals surface area contributed by atoms with Crippen LogP contribution in [0.25, 0.3) is 0 Å². The Bertz CT molecular complexity index is 432. The van der Waals surface area contributed by atoms with Crippen molar-refractivity contribution in [2.45, 2.75) is 19.4 Å². The fraction of sp³-hybridized carbons (Fsp3) is 0.533. The summed E-state index contributed by atoms with van der Waals surface area (Å²) in [5.74, 6) is -0.217. The topological polar surface area (TPSA) is 59.0 Å². The minimum atomic E-state index is -0.921. The highest BCUT2D eigenvalue weighted by molar-refractivity contribution is 5.87. The molecule has 1 aromatic carbocycles. The number of rotatable bonds is 6. The van der Waals surface area contributed by atoms with Crippen LogP contribution in [-0.2, 0) is 4.74 Å². The third-order valence-electron chi connectivity index (χ3n) is 3.46. The highest BCUT2D eigenvalue weighted by Crippen LogP contribution is 2.13. The Kier molecular flexibility index (Phi) is 5.38. The number of carbonyl (C=O) groups is 1. The number of aromatic carboxylic acids is 1. The summed E-state index contributed by atoms with van der Waals surface area (Å²) in [6, 6.07) is 6.49. The van der Waals surface area contributed by atoms with Crippen LogP contribution in [0.3, 0.4) is 0 Å². The van der Waals surface area contributed by atoms with E-state index in [1.165, 1.54) is 0 Å². The van der Waals surface area contributed by atoms with Crippen molar-refractivity contribution < 1.29 is 19.4 Å². The van der Waals surface area contributed by atoms with Gasteiger partial charge in [-0.3, -0.25) is 4.90 Å². The van der Waals surface area contributed by atoms with Crippen molar-refractivity contribution in [2.75, 3.05) is 32.8 Å². The molecule has 0 aliphatic carbocycles. The van der Waals surface area contributed by atoms with Gasteiger partial charge in [0.1, 0.15) is 12.4 Å². The average molecular weight is 279 g/mol. The van der Waals surface area contributed by atoms with E-state index in [-0.39, 0.29) is 5.56 Å². The highest BCUT2D eigenvalue weighted by atomic mass is 16.5. The van der Waals surface area contributed by atoms with Gasteiger partial charge in [-0.05, 0) is 30.7 Å². The van der Waals surface area contributed by atoms with E-state index < -0.39 is 5.97 Å².